The van der Waals surface area contributed by atoms with Crippen molar-refractivity contribution in [2.75, 3.05) is 31.1 Å². The Kier molecular flexibility index (Phi) is 5.38. The number of rotatable bonds is 2. The number of carbonyl (C=O) groups excluding carboxylic acids is 2. The van der Waals surface area contributed by atoms with Crippen molar-refractivity contribution in [3.63, 3.8) is 0 Å². The van der Waals surface area contributed by atoms with Gasteiger partial charge in [0.15, 0.2) is 0 Å². The van der Waals surface area contributed by atoms with Gasteiger partial charge in [0.05, 0.1) is 23.2 Å². The number of halogens is 4. The zero-order chi connectivity index (χ0) is 23.0. The van der Waals surface area contributed by atoms with Crippen molar-refractivity contribution in [1.82, 2.24) is 9.80 Å². The molecule has 0 radical (unpaired) electrons. The van der Waals surface area contributed by atoms with Gasteiger partial charge in [-0.05, 0) is 42.5 Å². The predicted molar refractivity (Wildman–Crippen MR) is 103 cm³/mol. The van der Waals surface area contributed by atoms with Crippen LogP contribution in [0.1, 0.15) is 11.1 Å². The van der Waals surface area contributed by atoms with E-state index in [1.165, 1.54) is 39.0 Å². The van der Waals surface area contributed by atoms with Crippen molar-refractivity contribution < 1.29 is 31.9 Å². The molecule has 0 aliphatic carbocycles. The summed E-state index contributed by atoms with van der Waals surface area (Å²) in [6.45, 7) is 0.561. The Morgan fingerprint density at radius 2 is 1.81 bits per heavy atom. The first-order valence-corrected chi connectivity index (χ1v) is 9.59. The van der Waals surface area contributed by atoms with Gasteiger partial charge in [0.25, 0.3) is 0 Å². The molecule has 2 aliphatic heterocycles. The van der Waals surface area contributed by atoms with Crippen LogP contribution in [0.4, 0.5) is 32.8 Å². The molecule has 7 nitrogen and oxygen atoms in total. The van der Waals surface area contributed by atoms with E-state index in [0.717, 1.165) is 24.3 Å². The molecule has 0 spiro atoms. The van der Waals surface area contributed by atoms with E-state index in [1.54, 1.807) is 0 Å². The van der Waals surface area contributed by atoms with Crippen molar-refractivity contribution in [3.05, 3.63) is 59.4 Å². The van der Waals surface area contributed by atoms with Crippen molar-refractivity contribution in [2.45, 2.75) is 12.2 Å². The van der Waals surface area contributed by atoms with Crippen LogP contribution in [0.2, 0.25) is 0 Å². The van der Waals surface area contributed by atoms with Crippen molar-refractivity contribution in [1.29, 1.82) is 5.26 Å². The number of hydrogen-bond acceptors (Lipinski definition) is 4. The van der Waals surface area contributed by atoms with Gasteiger partial charge in [-0.15, -0.1) is 0 Å². The van der Waals surface area contributed by atoms with Gasteiger partial charge in [0.1, 0.15) is 11.6 Å². The summed E-state index contributed by atoms with van der Waals surface area (Å²) >= 11 is 0. The van der Waals surface area contributed by atoms with Gasteiger partial charge in [0.2, 0.25) is 0 Å². The van der Waals surface area contributed by atoms with E-state index in [1.807, 2.05) is 0 Å². The van der Waals surface area contributed by atoms with Crippen LogP contribution in [0.25, 0.3) is 0 Å². The Morgan fingerprint density at radius 3 is 2.47 bits per heavy atom. The predicted octanol–water partition coefficient (Wildman–Crippen LogP) is 3.84. The maximum Gasteiger partial charge on any atom is 0.417 e. The number of hydrogen-bond donors (Lipinski definition) is 0. The fraction of sp³-hybridized carbons (Fsp3) is 0.286. The number of urea groups is 1. The fourth-order valence-electron chi connectivity index (χ4n) is 3.79. The number of amides is 3. The molecule has 2 saturated heterocycles. The molecule has 2 aromatic rings. The number of anilines is 1. The quantitative estimate of drug-likeness (QED) is 0.655. The van der Waals surface area contributed by atoms with Crippen LogP contribution >= 0.6 is 0 Å². The van der Waals surface area contributed by atoms with Crippen LogP contribution in [-0.2, 0) is 6.18 Å². The van der Waals surface area contributed by atoms with Gasteiger partial charge >= 0.3 is 18.3 Å². The molecule has 2 aliphatic rings. The molecule has 0 N–H and O–H groups in total. The van der Waals surface area contributed by atoms with Gasteiger partial charge in [-0.2, -0.15) is 18.4 Å². The Hall–Kier alpha value is -3.81. The molecule has 2 heterocycles. The van der Waals surface area contributed by atoms with E-state index in [2.05, 4.69) is 0 Å². The van der Waals surface area contributed by atoms with Crippen molar-refractivity contribution in [3.8, 4) is 11.8 Å². The van der Waals surface area contributed by atoms with Gasteiger partial charge in [-0.25, -0.2) is 14.0 Å². The summed E-state index contributed by atoms with van der Waals surface area (Å²) in [5.41, 5.74) is -1.61. The first kappa shape index (κ1) is 21.4. The topological polar surface area (TPSA) is 76.9 Å². The molecule has 11 heteroatoms. The van der Waals surface area contributed by atoms with Crippen LogP contribution in [0.3, 0.4) is 0 Å². The van der Waals surface area contributed by atoms with Gasteiger partial charge in [-0.3, -0.25) is 4.90 Å². The minimum Gasteiger partial charge on any atom is -0.410 e. The maximum absolute atomic E-state index is 13.3. The van der Waals surface area contributed by atoms with Crippen LogP contribution in [0.5, 0.6) is 5.75 Å². The third-order valence-corrected chi connectivity index (χ3v) is 5.37. The minimum absolute atomic E-state index is 0.0242. The number of nitrogens with zero attached hydrogens (tertiary/aromatic N) is 4. The molecule has 2 fully saturated rings. The molecule has 32 heavy (non-hydrogen) atoms. The van der Waals surface area contributed by atoms with E-state index in [0.29, 0.717) is 0 Å². The summed E-state index contributed by atoms with van der Waals surface area (Å²) in [5.74, 6) is -0.306. The number of benzene rings is 2. The maximum atomic E-state index is 13.3. The largest absolute Gasteiger partial charge is 0.417 e. The lowest BCUT2D eigenvalue weighted by atomic mass is 10.1. The highest BCUT2D eigenvalue weighted by molar-refractivity contribution is 5.95. The standard InChI is InChI=1S/C21H16F4N4O3/c22-14-2-5-17(6-3-14)32-20(31)27-7-8-28-16(11-27)12-29(19(28)30)15-4-1-13(10-26)18(9-15)21(23,24)25/h1-6,9,16H,7-8,11-12H2/t16-/m0/s1. The Morgan fingerprint density at radius 1 is 1.09 bits per heavy atom. The molecule has 0 bridgehead atoms. The van der Waals surface area contributed by atoms with E-state index in [9.17, 15) is 27.2 Å². The lowest BCUT2D eigenvalue weighted by Gasteiger charge is -2.35. The van der Waals surface area contributed by atoms with Crippen molar-refractivity contribution in [2.24, 2.45) is 0 Å². The van der Waals surface area contributed by atoms with Gasteiger partial charge in [-0.1, -0.05) is 0 Å². The SMILES string of the molecule is N#Cc1ccc(N2C[C@@H]3CN(C(=O)Oc4ccc(F)cc4)CCN3C2=O)cc1C(F)(F)F. The molecule has 0 saturated carbocycles. The summed E-state index contributed by atoms with van der Waals surface area (Å²) in [7, 11) is 0. The van der Waals surface area contributed by atoms with Crippen LogP contribution < -0.4 is 9.64 Å². The first-order chi connectivity index (χ1) is 15.2. The van der Waals surface area contributed by atoms with Crippen molar-refractivity contribution >= 4 is 17.8 Å². The summed E-state index contributed by atoms with van der Waals surface area (Å²) in [4.78, 5) is 29.3. The molecule has 1 atom stereocenters. The summed E-state index contributed by atoms with van der Waals surface area (Å²) in [5, 5.41) is 8.95. The first-order valence-electron chi connectivity index (χ1n) is 9.59. The van der Waals surface area contributed by atoms with Gasteiger partial charge < -0.3 is 14.5 Å². The lowest BCUT2D eigenvalue weighted by molar-refractivity contribution is -0.137. The molecular weight excluding hydrogens is 432 g/mol. The second kappa shape index (κ2) is 8.03. The average molecular weight is 448 g/mol. The number of nitriles is 1. The second-order valence-corrected chi connectivity index (χ2v) is 7.35. The number of piperazine rings is 1. The summed E-state index contributed by atoms with van der Waals surface area (Å²) in [6, 6.07) is 8.65. The van der Waals surface area contributed by atoms with Crippen LogP contribution in [-0.4, -0.2) is 54.1 Å². The third kappa shape index (κ3) is 4.03. The van der Waals surface area contributed by atoms with E-state index < -0.39 is 41.3 Å². The fourth-order valence-corrected chi connectivity index (χ4v) is 3.79. The minimum atomic E-state index is -4.74. The summed E-state index contributed by atoms with van der Waals surface area (Å²) in [6.07, 6.45) is -5.41. The monoisotopic (exact) mass is 448 g/mol. The highest BCUT2D eigenvalue weighted by atomic mass is 19.4. The second-order valence-electron chi connectivity index (χ2n) is 7.35. The molecule has 4 rings (SSSR count). The average Bonchev–Trinajstić information content (AvgIpc) is 3.10. The highest BCUT2D eigenvalue weighted by Gasteiger charge is 2.43. The number of ether oxygens (including phenoxy) is 1. The molecule has 3 amide bonds. The normalized spacial score (nSPS) is 18.4. The Labute approximate surface area is 180 Å². The van der Waals surface area contributed by atoms with Crippen LogP contribution in [0.15, 0.2) is 42.5 Å². The Bertz CT molecular complexity index is 1100. The van der Waals surface area contributed by atoms with E-state index >= 15 is 0 Å². The summed E-state index contributed by atoms with van der Waals surface area (Å²) < 4.78 is 58.1. The smallest absolute Gasteiger partial charge is 0.410 e. The molecule has 0 aromatic heterocycles. The molecular formula is C21H16F4N4O3. The zero-order valence-electron chi connectivity index (χ0n) is 16.5. The number of carbonyl (C=O) groups is 2. The van der Waals surface area contributed by atoms with Crippen LogP contribution in [0, 0.1) is 17.1 Å². The Balaban J connectivity index is 1.48. The molecule has 0 unspecified atom stereocenters. The molecule has 2 aromatic carbocycles. The number of alkyl halides is 3. The lowest BCUT2D eigenvalue weighted by Crippen LogP contribution is -2.54. The van der Waals surface area contributed by atoms with E-state index in [-0.39, 0.29) is 37.6 Å². The number of fused-ring (bicyclic) bond motifs is 1. The third-order valence-electron chi connectivity index (χ3n) is 5.37. The van der Waals surface area contributed by atoms with Gasteiger partial charge in [0, 0.05) is 31.9 Å². The molecule has 166 valence electrons. The highest BCUT2D eigenvalue weighted by Crippen LogP contribution is 2.36. The van der Waals surface area contributed by atoms with E-state index in [4.69, 9.17) is 10.00 Å². The zero-order valence-corrected chi connectivity index (χ0v) is 16.5.